The van der Waals surface area contributed by atoms with Gasteiger partial charge < -0.3 is 9.47 Å². The third-order valence-corrected chi connectivity index (χ3v) is 15.3. The summed E-state index contributed by atoms with van der Waals surface area (Å²) in [5.41, 5.74) is 2.58. The van der Waals surface area contributed by atoms with Gasteiger partial charge in [0.05, 0.1) is 0 Å². The summed E-state index contributed by atoms with van der Waals surface area (Å²) < 4.78 is 32.5. The third kappa shape index (κ3) is 24.2. The van der Waals surface area contributed by atoms with Gasteiger partial charge in [0.2, 0.25) is 0 Å². The van der Waals surface area contributed by atoms with Crippen LogP contribution in [-0.4, -0.2) is 129 Å². The van der Waals surface area contributed by atoms with Gasteiger partial charge in [0.15, 0.2) is 0 Å². The molecule has 9 N–H and O–H groups in total. The number of carbonyl (C=O) groups excluding carboxylic acids is 9. The number of hydrogen-bond donors (Lipinski definition) is 9. The standard InChI is InChI=1S/C32H43BN4O7.C32H41BN4O7/c2*1-2-12-25(29(39)32(42)34-19-26(38)44-20-22-13-6-3-7-14-22)36-31(41)28(24-17-10-5-11-18-24)37-30(40)27(35-21-33-43)23-15-8-4-9-16-23/h3,5-7,10-11,13-14,17-18,23,25,27-29,35,39H,2,4,8-9,12,15-16,19-21H2,1H3,(H,34,42)(H,36,41)(H,37,40);3,5-7,10-11,13-14,17-18,23,25,27-28,35H,2,4,8-9,12,15-16,19-21H2,1H3,(H,34,42)(H,36,41)(H,37,40)/t25?,27-,28-,29?;25?,27-,28-/m00/s1. The fourth-order valence-corrected chi connectivity index (χ4v) is 10.7. The number of hydrogen-bond acceptors (Lipinski definition) is 16. The van der Waals surface area contributed by atoms with E-state index in [1.807, 2.05) is 31.2 Å². The molecule has 6 rings (SSSR count). The number of amides is 6. The number of benzene rings is 4. The van der Waals surface area contributed by atoms with Crippen molar-refractivity contribution in [3.63, 3.8) is 0 Å². The first-order valence-corrected chi connectivity index (χ1v) is 30.5. The Balaban J connectivity index is 0.000000321. The van der Waals surface area contributed by atoms with Crippen molar-refractivity contribution in [2.75, 3.05) is 26.0 Å². The summed E-state index contributed by atoms with van der Waals surface area (Å²) in [5.74, 6) is -6.22. The minimum atomic E-state index is -1.66. The molecule has 2 fully saturated rings. The third-order valence-electron chi connectivity index (χ3n) is 15.3. The van der Waals surface area contributed by atoms with Gasteiger partial charge in [-0.2, -0.15) is 0 Å². The number of Topliss-reactive ketones (excluding diaryl/α,β-unsaturated/α-hetero) is 1. The van der Waals surface area contributed by atoms with Gasteiger partial charge >= 0.3 is 401 Å². The van der Waals surface area contributed by atoms with Gasteiger partial charge in [-0.3, -0.25) is 9.59 Å². The van der Waals surface area contributed by atoms with Gasteiger partial charge in [-0.05, 0) is 11.1 Å². The zero-order valence-corrected chi connectivity index (χ0v) is 50.3. The quantitative estimate of drug-likeness (QED) is 0.0181. The molecule has 6 amide bonds. The molecule has 2 saturated carbocycles. The van der Waals surface area contributed by atoms with Crippen molar-refractivity contribution in [1.82, 2.24) is 42.5 Å². The minimum absolute atomic E-state index is 0.00122. The molecule has 2 aliphatic carbocycles. The second kappa shape index (κ2) is 39.7. The zero-order chi connectivity index (χ0) is 63.5. The van der Waals surface area contributed by atoms with Crippen LogP contribution in [0, 0.1) is 11.8 Å². The van der Waals surface area contributed by atoms with Crippen LogP contribution in [-0.2, 0) is 75.2 Å². The summed E-state index contributed by atoms with van der Waals surface area (Å²) in [6, 6.07) is 29.6. The fourth-order valence-electron chi connectivity index (χ4n) is 10.7. The Hall–Kier alpha value is -8.08. The average molecular weight is 1210 g/mol. The number of nitrogens with one attached hydrogen (secondary N) is 8. The topological polar surface area (TPSA) is 323 Å². The molecular weight excluding hydrogens is 1130 g/mol. The van der Waals surface area contributed by atoms with E-state index in [2.05, 4.69) is 42.5 Å². The molecule has 24 heteroatoms. The molecule has 2 aliphatic rings. The second-order valence-corrected chi connectivity index (χ2v) is 21.9. The Labute approximate surface area is 515 Å². The predicted octanol–water partition coefficient (Wildman–Crippen LogP) is 4.00. The first-order valence-electron chi connectivity index (χ1n) is 30.5. The monoisotopic (exact) mass is 1210 g/mol. The van der Waals surface area contributed by atoms with Gasteiger partial charge in [-0.25, -0.2) is 0 Å². The van der Waals surface area contributed by atoms with E-state index in [0.29, 0.717) is 38.3 Å². The summed E-state index contributed by atoms with van der Waals surface area (Å²) in [6.07, 6.45) is 9.25. The van der Waals surface area contributed by atoms with Crippen molar-refractivity contribution >= 4 is 67.5 Å². The predicted molar refractivity (Wildman–Crippen MR) is 327 cm³/mol. The molecule has 7 atom stereocenters. The number of carbonyl (C=O) groups is 9. The first kappa shape index (κ1) is 70.7. The number of ether oxygens (including phenoxy) is 2. The number of ketones is 1. The molecule has 0 spiro atoms. The van der Waals surface area contributed by atoms with E-state index in [-0.39, 0.29) is 50.8 Å². The second-order valence-electron chi connectivity index (χ2n) is 21.9. The molecule has 88 heavy (non-hydrogen) atoms. The van der Waals surface area contributed by atoms with Crippen LogP contribution in [0.1, 0.15) is 138 Å². The van der Waals surface area contributed by atoms with E-state index in [9.17, 15) is 57.7 Å². The molecule has 0 radical (unpaired) electrons. The van der Waals surface area contributed by atoms with Gasteiger partial charge in [0.1, 0.15) is 26.3 Å². The summed E-state index contributed by atoms with van der Waals surface area (Å²) in [4.78, 5) is 117. The number of aliphatic hydroxyl groups excluding tert-OH is 1. The van der Waals surface area contributed by atoms with Crippen LogP contribution in [0.4, 0.5) is 0 Å². The van der Waals surface area contributed by atoms with Gasteiger partial charge in [0.25, 0.3) is 0 Å². The molecule has 22 nitrogen and oxygen atoms in total. The maximum absolute atomic E-state index is 13.7. The summed E-state index contributed by atoms with van der Waals surface area (Å²) in [7, 11) is 1.40. The molecule has 0 saturated heterocycles. The molecule has 0 aromatic heterocycles. The van der Waals surface area contributed by atoms with Crippen molar-refractivity contribution in [3.8, 4) is 0 Å². The van der Waals surface area contributed by atoms with E-state index in [1.54, 1.807) is 104 Å². The molecule has 4 aromatic rings. The molecule has 470 valence electrons. The average Bonchev–Trinajstić information content (AvgIpc) is 2.94. The van der Waals surface area contributed by atoms with E-state index in [1.165, 1.54) is 0 Å². The van der Waals surface area contributed by atoms with E-state index >= 15 is 0 Å². The van der Waals surface area contributed by atoms with Crippen LogP contribution >= 0.6 is 0 Å². The van der Waals surface area contributed by atoms with Crippen molar-refractivity contribution in [3.05, 3.63) is 144 Å². The molecule has 0 aliphatic heterocycles. The normalized spacial score (nSPS) is 15.5. The first-order chi connectivity index (χ1) is 42.7. The number of rotatable bonds is 34. The Morgan fingerprint density at radius 3 is 1.30 bits per heavy atom. The summed E-state index contributed by atoms with van der Waals surface area (Å²) in [6.45, 7) is 2.75. The molecule has 3 unspecified atom stereocenters. The van der Waals surface area contributed by atoms with Crippen LogP contribution in [0.2, 0.25) is 0 Å². The molecular formula is C64H84B2N8O14. The Kier molecular flexibility index (Phi) is 31.9. The number of esters is 2. The molecule has 4 aromatic carbocycles. The summed E-state index contributed by atoms with van der Waals surface area (Å²) in [5, 5.41) is 32.6. The summed E-state index contributed by atoms with van der Waals surface area (Å²) >= 11 is 0. The van der Waals surface area contributed by atoms with Crippen molar-refractivity contribution < 1.29 is 67.1 Å². The number of aliphatic hydroxyl groups is 1. The van der Waals surface area contributed by atoms with Crippen molar-refractivity contribution in [1.29, 1.82) is 0 Å². The molecule has 0 heterocycles. The maximum atomic E-state index is 13.7. The fraction of sp³-hybridized carbons (Fsp3) is 0.484. The van der Waals surface area contributed by atoms with Crippen LogP contribution in [0.5, 0.6) is 0 Å². The van der Waals surface area contributed by atoms with Gasteiger partial charge in [0, 0.05) is 0 Å². The smallest absolute Gasteiger partial charge is 0.460 e. The van der Waals surface area contributed by atoms with Crippen molar-refractivity contribution in [2.45, 2.75) is 159 Å². The van der Waals surface area contributed by atoms with Crippen LogP contribution < -0.4 is 42.5 Å². The Morgan fingerprint density at radius 2 is 0.886 bits per heavy atom. The molecule has 0 bridgehead atoms. The minimum Gasteiger partial charge on any atom is -0.460 e. The van der Waals surface area contributed by atoms with Crippen molar-refractivity contribution in [2.24, 2.45) is 11.8 Å². The van der Waals surface area contributed by atoms with Gasteiger partial charge in [-0.1, -0.05) is 60.7 Å². The SMILES string of the molecule is CCCC(NC(=O)[C@@H](NC(=O)[C@@H](NCB=O)C1CCCCC1)c1ccccc1)C(=O)C(=O)NCC(=O)OCc1ccccc1.CCCC(NC(=O)[C@@H](NC(=O)[C@@H](NCB=O)C1CCCCC1)c1ccccc1)C(O)C(=O)NCC(=O)OCc1ccccc1. The van der Waals surface area contributed by atoms with Crippen LogP contribution in [0.25, 0.3) is 0 Å². The van der Waals surface area contributed by atoms with Crippen LogP contribution in [0.15, 0.2) is 121 Å². The van der Waals surface area contributed by atoms with Gasteiger partial charge in [-0.15, -0.1) is 0 Å². The van der Waals surface area contributed by atoms with E-state index in [0.717, 1.165) is 75.3 Å². The van der Waals surface area contributed by atoms with E-state index < -0.39 is 109 Å². The Morgan fingerprint density at radius 1 is 0.489 bits per heavy atom. The van der Waals surface area contributed by atoms with E-state index in [4.69, 9.17) is 9.47 Å². The zero-order valence-electron chi connectivity index (χ0n) is 50.3. The Bertz CT molecular complexity index is 2850. The van der Waals surface area contributed by atoms with Crippen LogP contribution in [0.3, 0.4) is 0 Å².